The van der Waals surface area contributed by atoms with E-state index in [2.05, 4.69) is 11.8 Å². The normalized spacial score (nSPS) is 15.5. The van der Waals surface area contributed by atoms with Crippen molar-refractivity contribution in [2.45, 2.75) is 32.6 Å². The lowest BCUT2D eigenvalue weighted by Crippen LogP contribution is -2.30. The average Bonchev–Trinajstić information content (AvgIpc) is 2.64. The summed E-state index contributed by atoms with van der Waals surface area (Å²) in [7, 11) is 0. The minimum atomic E-state index is -0.193. The van der Waals surface area contributed by atoms with Gasteiger partial charge >= 0.3 is 0 Å². The minimum absolute atomic E-state index is 0.0574. The van der Waals surface area contributed by atoms with Gasteiger partial charge in [-0.05, 0) is 25.8 Å². The lowest BCUT2D eigenvalue weighted by atomic mass is 10.3. The molecule has 1 aliphatic heterocycles. The zero-order valence-electron chi connectivity index (χ0n) is 8.95. The van der Waals surface area contributed by atoms with Crippen molar-refractivity contribution in [2.24, 2.45) is 0 Å². The SMILES string of the molecule is CC#CCC/C=C/C(=O)N1CCCC1=O. The summed E-state index contributed by atoms with van der Waals surface area (Å²) in [5.74, 6) is 5.44. The van der Waals surface area contributed by atoms with Gasteiger partial charge in [-0.1, -0.05) is 6.08 Å². The molecule has 1 heterocycles. The van der Waals surface area contributed by atoms with Crippen molar-refractivity contribution in [1.82, 2.24) is 4.90 Å². The molecular formula is C12H15NO2. The van der Waals surface area contributed by atoms with E-state index in [1.807, 2.05) is 0 Å². The molecule has 0 N–H and O–H groups in total. The molecule has 1 aliphatic rings. The van der Waals surface area contributed by atoms with Gasteiger partial charge in [0.2, 0.25) is 5.91 Å². The summed E-state index contributed by atoms with van der Waals surface area (Å²) < 4.78 is 0. The fourth-order valence-electron chi connectivity index (χ4n) is 1.44. The average molecular weight is 205 g/mol. The van der Waals surface area contributed by atoms with Gasteiger partial charge in [-0.2, -0.15) is 0 Å². The van der Waals surface area contributed by atoms with Crippen LogP contribution in [0.2, 0.25) is 0 Å². The van der Waals surface area contributed by atoms with Crippen LogP contribution in [0.5, 0.6) is 0 Å². The molecule has 0 unspecified atom stereocenters. The van der Waals surface area contributed by atoms with E-state index in [1.54, 1.807) is 13.0 Å². The monoisotopic (exact) mass is 205 g/mol. The van der Waals surface area contributed by atoms with E-state index < -0.39 is 0 Å². The Labute approximate surface area is 90.1 Å². The van der Waals surface area contributed by atoms with Crippen LogP contribution in [-0.2, 0) is 9.59 Å². The topological polar surface area (TPSA) is 37.4 Å². The quantitative estimate of drug-likeness (QED) is 0.398. The highest BCUT2D eigenvalue weighted by Crippen LogP contribution is 2.10. The van der Waals surface area contributed by atoms with Crippen LogP contribution in [0, 0.1) is 11.8 Å². The van der Waals surface area contributed by atoms with Gasteiger partial charge in [-0.3, -0.25) is 14.5 Å². The zero-order valence-corrected chi connectivity index (χ0v) is 8.95. The number of unbranched alkanes of at least 4 members (excludes halogenated alkanes) is 1. The molecule has 15 heavy (non-hydrogen) atoms. The first-order valence-corrected chi connectivity index (χ1v) is 5.16. The van der Waals surface area contributed by atoms with E-state index in [4.69, 9.17) is 0 Å². The van der Waals surface area contributed by atoms with Crippen LogP contribution in [0.25, 0.3) is 0 Å². The molecule has 1 rings (SSSR count). The number of hydrogen-bond donors (Lipinski definition) is 0. The van der Waals surface area contributed by atoms with E-state index >= 15 is 0 Å². The van der Waals surface area contributed by atoms with Crippen LogP contribution in [-0.4, -0.2) is 23.3 Å². The van der Waals surface area contributed by atoms with E-state index in [1.165, 1.54) is 11.0 Å². The molecule has 0 atom stereocenters. The van der Waals surface area contributed by atoms with Crippen LogP contribution in [0.15, 0.2) is 12.2 Å². The summed E-state index contributed by atoms with van der Waals surface area (Å²) in [5, 5.41) is 0. The standard InChI is InChI=1S/C12H15NO2/c1-2-3-4-5-6-8-11(14)13-10-7-9-12(13)15/h6,8H,4-5,7,9-10H2,1H3/b8-6+. The van der Waals surface area contributed by atoms with E-state index in [-0.39, 0.29) is 11.8 Å². The van der Waals surface area contributed by atoms with Gasteiger partial charge in [-0.15, -0.1) is 11.8 Å². The number of allylic oxidation sites excluding steroid dienone is 1. The maximum Gasteiger partial charge on any atom is 0.252 e. The summed E-state index contributed by atoms with van der Waals surface area (Å²) in [6, 6.07) is 0. The van der Waals surface area contributed by atoms with Crippen molar-refractivity contribution < 1.29 is 9.59 Å². The third kappa shape index (κ3) is 3.59. The first kappa shape index (κ1) is 11.5. The van der Waals surface area contributed by atoms with Crippen molar-refractivity contribution in [1.29, 1.82) is 0 Å². The number of carbonyl (C=O) groups excluding carboxylic acids is 2. The second-order valence-corrected chi connectivity index (χ2v) is 3.35. The molecule has 1 saturated heterocycles. The van der Waals surface area contributed by atoms with Gasteiger partial charge in [0.1, 0.15) is 0 Å². The van der Waals surface area contributed by atoms with Crippen LogP contribution >= 0.6 is 0 Å². The molecule has 2 amide bonds. The van der Waals surface area contributed by atoms with E-state index in [0.717, 1.165) is 19.3 Å². The van der Waals surface area contributed by atoms with Crippen molar-refractivity contribution in [3.63, 3.8) is 0 Å². The first-order chi connectivity index (χ1) is 7.25. The van der Waals surface area contributed by atoms with Crippen LogP contribution < -0.4 is 0 Å². The Morgan fingerprint density at radius 1 is 1.60 bits per heavy atom. The molecule has 1 fully saturated rings. The summed E-state index contributed by atoms with van der Waals surface area (Å²) >= 11 is 0. The highest BCUT2D eigenvalue weighted by atomic mass is 16.2. The third-order valence-corrected chi connectivity index (χ3v) is 2.21. The number of imide groups is 1. The molecule has 3 heteroatoms. The Bertz CT molecular complexity index is 333. The molecule has 0 spiro atoms. The maximum absolute atomic E-state index is 11.5. The lowest BCUT2D eigenvalue weighted by molar-refractivity contribution is -0.138. The largest absolute Gasteiger partial charge is 0.279 e. The second-order valence-electron chi connectivity index (χ2n) is 3.35. The lowest BCUT2D eigenvalue weighted by Gasteiger charge is -2.09. The molecule has 0 aromatic heterocycles. The molecule has 0 saturated carbocycles. The van der Waals surface area contributed by atoms with Gasteiger partial charge in [0.15, 0.2) is 0 Å². The molecule has 3 nitrogen and oxygen atoms in total. The van der Waals surface area contributed by atoms with Gasteiger partial charge in [-0.25, -0.2) is 0 Å². The summed E-state index contributed by atoms with van der Waals surface area (Å²) in [6.45, 7) is 2.36. The van der Waals surface area contributed by atoms with Crippen molar-refractivity contribution >= 4 is 11.8 Å². The molecule has 0 aliphatic carbocycles. The Hall–Kier alpha value is -1.56. The number of hydrogen-bond acceptors (Lipinski definition) is 2. The number of rotatable bonds is 3. The van der Waals surface area contributed by atoms with Crippen molar-refractivity contribution in [3.8, 4) is 11.8 Å². The van der Waals surface area contributed by atoms with Gasteiger partial charge in [0, 0.05) is 19.4 Å². The van der Waals surface area contributed by atoms with E-state index in [9.17, 15) is 9.59 Å². The summed E-state index contributed by atoms with van der Waals surface area (Å²) in [5.41, 5.74) is 0. The van der Waals surface area contributed by atoms with Crippen molar-refractivity contribution in [3.05, 3.63) is 12.2 Å². The van der Waals surface area contributed by atoms with Crippen molar-refractivity contribution in [2.75, 3.05) is 6.54 Å². The zero-order chi connectivity index (χ0) is 11.1. The number of carbonyl (C=O) groups is 2. The van der Waals surface area contributed by atoms with Gasteiger partial charge in [0.25, 0.3) is 5.91 Å². The Kier molecular flexibility index (Phi) is 4.62. The van der Waals surface area contributed by atoms with Gasteiger partial charge in [0.05, 0.1) is 0 Å². The maximum atomic E-state index is 11.5. The predicted molar refractivity (Wildman–Crippen MR) is 57.8 cm³/mol. The number of nitrogens with zero attached hydrogens (tertiary/aromatic N) is 1. The molecule has 80 valence electrons. The molecule has 0 bridgehead atoms. The molecule has 0 radical (unpaired) electrons. The van der Waals surface area contributed by atoms with Crippen LogP contribution in [0.3, 0.4) is 0 Å². The summed E-state index contributed by atoms with van der Waals surface area (Å²) in [4.78, 5) is 24.0. The van der Waals surface area contributed by atoms with Crippen LogP contribution in [0.1, 0.15) is 32.6 Å². The fraction of sp³-hybridized carbons (Fsp3) is 0.500. The number of amides is 2. The number of likely N-dealkylation sites (tertiary alicyclic amines) is 1. The molecule has 0 aromatic rings. The Balaban J connectivity index is 2.33. The second kappa shape index (κ2) is 6.02. The fourth-order valence-corrected chi connectivity index (χ4v) is 1.44. The molecular weight excluding hydrogens is 190 g/mol. The van der Waals surface area contributed by atoms with Crippen LogP contribution in [0.4, 0.5) is 0 Å². The minimum Gasteiger partial charge on any atom is -0.279 e. The first-order valence-electron chi connectivity index (χ1n) is 5.16. The summed E-state index contributed by atoms with van der Waals surface area (Å²) in [6.07, 6.45) is 6.06. The highest BCUT2D eigenvalue weighted by Gasteiger charge is 2.24. The Morgan fingerprint density at radius 2 is 2.40 bits per heavy atom. The smallest absolute Gasteiger partial charge is 0.252 e. The third-order valence-electron chi connectivity index (χ3n) is 2.21. The van der Waals surface area contributed by atoms with E-state index in [0.29, 0.717) is 13.0 Å². The molecule has 0 aromatic carbocycles. The highest BCUT2D eigenvalue weighted by molar-refractivity contribution is 6.01. The predicted octanol–water partition coefficient (Wildman–Crippen LogP) is 1.50. The Morgan fingerprint density at radius 3 is 3.00 bits per heavy atom. The van der Waals surface area contributed by atoms with Gasteiger partial charge < -0.3 is 0 Å².